The highest BCUT2D eigenvalue weighted by Gasteiger charge is 2.53. The third kappa shape index (κ3) is 4.78. The highest BCUT2D eigenvalue weighted by atomic mass is 31.1. The van der Waals surface area contributed by atoms with Crippen molar-refractivity contribution < 1.29 is 0 Å². The minimum Gasteiger partial charge on any atom is -0.310 e. The average Bonchev–Trinajstić information content (AvgIpc) is 3.60. The summed E-state index contributed by atoms with van der Waals surface area (Å²) in [7, 11) is -3.72. The van der Waals surface area contributed by atoms with Gasteiger partial charge in [-0.05, 0) is 116 Å². The van der Waals surface area contributed by atoms with Crippen molar-refractivity contribution in [3.63, 3.8) is 0 Å². The van der Waals surface area contributed by atoms with Crippen LogP contribution in [0, 0.1) is 13.8 Å². The molecule has 9 aromatic rings. The predicted octanol–water partition coefficient (Wildman–Crippen LogP) is 9.90. The topological polar surface area (TPSA) is 3.24 Å². The van der Waals surface area contributed by atoms with Crippen LogP contribution in [0.4, 0.5) is 17.1 Å². The van der Waals surface area contributed by atoms with E-state index in [1.165, 1.54) is 98.2 Å². The van der Waals surface area contributed by atoms with Crippen molar-refractivity contribution in [2.45, 2.75) is 19.3 Å². The summed E-state index contributed by atoms with van der Waals surface area (Å²) in [6.45, 7) is 4.50. The molecule has 1 atom stereocenters. The highest BCUT2D eigenvalue weighted by Crippen LogP contribution is 2.63. The second kappa shape index (κ2) is 13.5. The summed E-state index contributed by atoms with van der Waals surface area (Å²) in [6.07, 6.45) is 0. The normalized spacial score (nSPS) is 15.9. The number of hydrogen-bond donors (Lipinski definition) is 0. The van der Waals surface area contributed by atoms with Crippen molar-refractivity contribution in [2.24, 2.45) is 0 Å². The molecular weight excluding hydrogens is 758 g/mol. The molecule has 12 rings (SSSR count). The SMILES string of the molecule is Cc1ccc2c(c1)C1(c3ccccc3-c3ccccc31)c1cc(C)ccc1N2c1ccc2c(c1)[Si](c1ccccc1)(c1ccccc1)c1ccccc1P2c1ccccc1. The molecule has 0 N–H and O–H groups in total. The van der Waals surface area contributed by atoms with Gasteiger partial charge in [0.2, 0.25) is 0 Å². The third-order valence-corrected chi connectivity index (χ3v) is 21.2. The van der Waals surface area contributed by atoms with Crippen LogP contribution < -0.4 is 41.6 Å². The van der Waals surface area contributed by atoms with Crippen molar-refractivity contribution in [3.05, 3.63) is 252 Å². The molecule has 1 spiro atoms. The summed E-state index contributed by atoms with van der Waals surface area (Å²) >= 11 is 0. The summed E-state index contributed by atoms with van der Waals surface area (Å²) in [5.41, 5.74) is 13.8. The molecule has 1 nitrogen and oxygen atoms in total. The van der Waals surface area contributed by atoms with Gasteiger partial charge in [0, 0.05) is 5.69 Å². The monoisotopic (exact) mass is 799 g/mol. The van der Waals surface area contributed by atoms with E-state index in [2.05, 4.69) is 237 Å². The van der Waals surface area contributed by atoms with Crippen molar-refractivity contribution in [2.75, 3.05) is 4.90 Å². The Morgan fingerprint density at radius 3 is 1.47 bits per heavy atom. The Hall–Kier alpha value is -6.57. The van der Waals surface area contributed by atoms with E-state index in [4.69, 9.17) is 0 Å². The Balaban J connectivity index is 1.20. The van der Waals surface area contributed by atoms with Crippen LogP contribution in [-0.2, 0) is 5.41 Å². The molecule has 2 aliphatic heterocycles. The number of anilines is 3. The van der Waals surface area contributed by atoms with E-state index >= 15 is 0 Å². The van der Waals surface area contributed by atoms with Crippen LogP contribution in [-0.4, -0.2) is 8.07 Å². The highest BCUT2D eigenvalue weighted by molar-refractivity contribution is 7.81. The molecule has 0 radical (unpaired) electrons. The quantitative estimate of drug-likeness (QED) is 0.127. The molecule has 9 aromatic carbocycles. The molecule has 2 heterocycles. The van der Waals surface area contributed by atoms with Crippen LogP contribution in [0.5, 0.6) is 0 Å². The first-order chi connectivity index (χ1) is 29.6. The van der Waals surface area contributed by atoms with Crippen molar-refractivity contribution in [3.8, 4) is 11.1 Å². The Morgan fingerprint density at radius 1 is 0.400 bits per heavy atom. The Labute approximate surface area is 355 Å². The van der Waals surface area contributed by atoms with E-state index in [0.29, 0.717) is 0 Å². The molecule has 3 heteroatoms. The first-order valence-corrected chi connectivity index (χ1v) is 24.4. The van der Waals surface area contributed by atoms with Gasteiger partial charge in [0.15, 0.2) is 8.07 Å². The van der Waals surface area contributed by atoms with E-state index in [0.717, 1.165) is 0 Å². The molecule has 0 aromatic heterocycles. The lowest BCUT2D eigenvalue weighted by atomic mass is 9.64. The van der Waals surface area contributed by atoms with Crippen LogP contribution >= 0.6 is 7.92 Å². The predicted molar refractivity (Wildman–Crippen MR) is 257 cm³/mol. The van der Waals surface area contributed by atoms with Gasteiger partial charge >= 0.3 is 0 Å². The Morgan fingerprint density at radius 2 is 0.883 bits per heavy atom. The Bertz CT molecular complexity index is 3000. The molecule has 0 fully saturated rings. The molecule has 1 aliphatic carbocycles. The fourth-order valence-electron chi connectivity index (χ4n) is 11.1. The number of nitrogens with zero attached hydrogens (tertiary/aromatic N) is 1. The van der Waals surface area contributed by atoms with Crippen molar-refractivity contribution in [1.29, 1.82) is 0 Å². The summed E-state index contributed by atoms with van der Waals surface area (Å²) in [4.78, 5) is 2.60. The summed E-state index contributed by atoms with van der Waals surface area (Å²) in [5, 5.41) is 10.1. The largest absolute Gasteiger partial charge is 0.310 e. The van der Waals surface area contributed by atoms with Gasteiger partial charge in [0.05, 0.1) is 16.8 Å². The minimum absolute atomic E-state index is 0.465. The van der Waals surface area contributed by atoms with E-state index in [1.54, 1.807) is 0 Å². The third-order valence-electron chi connectivity index (χ3n) is 13.4. The second-order valence-electron chi connectivity index (χ2n) is 16.6. The van der Waals surface area contributed by atoms with Crippen LogP contribution in [0.2, 0.25) is 0 Å². The number of benzene rings is 9. The molecule has 60 heavy (non-hydrogen) atoms. The van der Waals surface area contributed by atoms with E-state index < -0.39 is 21.4 Å². The minimum atomic E-state index is -2.88. The number of hydrogen-bond acceptors (Lipinski definition) is 1. The first-order valence-electron chi connectivity index (χ1n) is 21.0. The van der Waals surface area contributed by atoms with Gasteiger partial charge in [-0.25, -0.2) is 0 Å². The zero-order valence-corrected chi connectivity index (χ0v) is 35.6. The van der Waals surface area contributed by atoms with Crippen LogP contribution in [0.1, 0.15) is 33.4 Å². The molecule has 0 amide bonds. The second-order valence-corrected chi connectivity index (χ2v) is 22.5. The maximum atomic E-state index is 2.62. The maximum Gasteiger partial charge on any atom is 0.181 e. The van der Waals surface area contributed by atoms with Gasteiger partial charge in [-0.2, -0.15) is 0 Å². The van der Waals surface area contributed by atoms with E-state index in [9.17, 15) is 0 Å². The number of aryl methyl sites for hydroxylation is 2. The molecule has 284 valence electrons. The summed E-state index contributed by atoms with van der Waals surface area (Å²) in [5.74, 6) is 0. The van der Waals surface area contributed by atoms with Gasteiger partial charge in [-0.3, -0.25) is 0 Å². The lowest BCUT2D eigenvalue weighted by Gasteiger charge is -2.46. The lowest BCUT2D eigenvalue weighted by Crippen LogP contribution is -2.81. The van der Waals surface area contributed by atoms with E-state index in [-0.39, 0.29) is 0 Å². The molecule has 0 bridgehead atoms. The first kappa shape index (κ1) is 35.4. The fourth-order valence-corrected chi connectivity index (χ4v) is 20.0. The molecule has 0 saturated heterocycles. The molecule has 3 aliphatic rings. The van der Waals surface area contributed by atoms with Gasteiger partial charge < -0.3 is 4.90 Å². The zero-order valence-electron chi connectivity index (χ0n) is 33.7. The van der Waals surface area contributed by atoms with Gasteiger partial charge in [0.1, 0.15) is 0 Å². The maximum absolute atomic E-state index is 2.88. The van der Waals surface area contributed by atoms with Gasteiger partial charge in [0.25, 0.3) is 0 Å². The number of rotatable bonds is 4. The zero-order chi connectivity index (χ0) is 40.0. The Kier molecular flexibility index (Phi) is 7.95. The average molecular weight is 800 g/mol. The molecular formula is C57H42NPSi. The van der Waals surface area contributed by atoms with Crippen molar-refractivity contribution >= 4 is 69.7 Å². The molecule has 0 saturated carbocycles. The number of fused-ring (bicyclic) bond motifs is 11. The lowest BCUT2D eigenvalue weighted by molar-refractivity contribution is 0.750. The van der Waals surface area contributed by atoms with Crippen LogP contribution in [0.3, 0.4) is 0 Å². The van der Waals surface area contributed by atoms with Crippen LogP contribution in [0.15, 0.2) is 218 Å². The van der Waals surface area contributed by atoms with Gasteiger partial charge in [-0.15, -0.1) is 0 Å². The van der Waals surface area contributed by atoms with E-state index in [1.807, 2.05) is 0 Å². The van der Waals surface area contributed by atoms with Crippen LogP contribution in [0.25, 0.3) is 11.1 Å². The summed E-state index contributed by atoms with van der Waals surface area (Å²) < 4.78 is 0. The summed E-state index contributed by atoms with van der Waals surface area (Å²) in [6, 6.07) is 83.8. The van der Waals surface area contributed by atoms with Gasteiger partial charge in [-0.1, -0.05) is 205 Å². The molecule has 1 unspecified atom stereocenters. The van der Waals surface area contributed by atoms with Crippen molar-refractivity contribution in [1.82, 2.24) is 0 Å². The fraction of sp³-hybridized carbons (Fsp3) is 0.0526. The standard InChI is InChI=1S/C57H42NPSi/c1-39-30-33-51-49(36-39)57(47-26-14-12-24-45(47)46-25-13-15-27-48(46)57)50-37-40(2)31-34-52(50)58(51)41-32-35-54-56(38-41)60(43-20-8-4-9-21-43,44-22-10-5-11-23-44)55-29-17-16-28-53(55)59(54)42-18-6-3-7-19-42/h3-38H,1-2H3. The smallest absolute Gasteiger partial charge is 0.181 e.